The van der Waals surface area contributed by atoms with Crippen LogP contribution in [0, 0.1) is 0 Å². The van der Waals surface area contributed by atoms with Crippen molar-refractivity contribution < 1.29 is 14.7 Å². The molecule has 0 saturated carbocycles. The molecule has 1 amide bonds. The zero-order valence-electron chi connectivity index (χ0n) is 11.9. The zero-order valence-corrected chi connectivity index (χ0v) is 11.9. The van der Waals surface area contributed by atoms with E-state index in [0.717, 1.165) is 5.56 Å². The molecule has 0 aromatic heterocycles. The Kier molecular flexibility index (Phi) is 5.70. The van der Waals surface area contributed by atoms with Crippen LogP contribution in [0.5, 0.6) is 0 Å². The Labute approximate surface area is 119 Å². The number of nitrogens with one attached hydrogen (secondary N) is 1. The average molecular weight is 278 g/mol. The minimum absolute atomic E-state index is 0.305. The van der Waals surface area contributed by atoms with E-state index in [2.05, 4.69) is 5.32 Å². The molecule has 5 nitrogen and oxygen atoms in total. The fourth-order valence-electron chi connectivity index (χ4n) is 1.76. The zero-order chi connectivity index (χ0) is 15.2. The van der Waals surface area contributed by atoms with Crippen LogP contribution in [-0.2, 0) is 16.0 Å². The Morgan fingerprint density at radius 3 is 2.45 bits per heavy atom. The van der Waals surface area contributed by atoms with E-state index in [4.69, 9.17) is 10.8 Å². The predicted octanol–water partition coefficient (Wildman–Crippen LogP) is 1.32. The fraction of sp³-hybridized carbons (Fsp3) is 0.467. The predicted molar refractivity (Wildman–Crippen MR) is 77.2 cm³/mol. The molecule has 0 aliphatic rings. The highest BCUT2D eigenvalue weighted by Gasteiger charge is 2.33. The van der Waals surface area contributed by atoms with Gasteiger partial charge in [-0.1, -0.05) is 37.3 Å². The highest BCUT2D eigenvalue weighted by atomic mass is 16.4. The van der Waals surface area contributed by atoms with Gasteiger partial charge >= 0.3 is 5.97 Å². The van der Waals surface area contributed by atoms with Crippen LogP contribution in [0.2, 0.25) is 0 Å². The second-order valence-electron chi connectivity index (χ2n) is 5.11. The Morgan fingerprint density at radius 1 is 1.35 bits per heavy atom. The Balaban J connectivity index is 2.53. The molecule has 0 bridgehead atoms. The minimum atomic E-state index is -1.26. The largest absolute Gasteiger partial charge is 0.480 e. The van der Waals surface area contributed by atoms with Crippen molar-refractivity contribution in [3.8, 4) is 0 Å². The van der Waals surface area contributed by atoms with E-state index in [-0.39, 0.29) is 0 Å². The summed E-state index contributed by atoms with van der Waals surface area (Å²) in [7, 11) is 0. The third kappa shape index (κ3) is 4.35. The maximum Gasteiger partial charge on any atom is 0.329 e. The summed E-state index contributed by atoms with van der Waals surface area (Å²) in [4.78, 5) is 23.1. The van der Waals surface area contributed by atoms with Crippen LogP contribution in [0.3, 0.4) is 0 Å². The Morgan fingerprint density at radius 2 is 1.95 bits per heavy atom. The minimum Gasteiger partial charge on any atom is -0.480 e. The standard InChI is InChI=1S/C15H22N2O3/c1-3-15(2,14(19)20)17-13(18)12(16)10-9-11-7-5-4-6-8-11/h4-8,12H,3,9-10,16H2,1-2H3,(H,17,18)(H,19,20). The molecule has 5 heteroatoms. The van der Waals surface area contributed by atoms with Crippen LogP contribution in [-0.4, -0.2) is 28.6 Å². The molecule has 4 N–H and O–H groups in total. The molecule has 20 heavy (non-hydrogen) atoms. The van der Waals surface area contributed by atoms with Crippen molar-refractivity contribution in [2.24, 2.45) is 5.73 Å². The van der Waals surface area contributed by atoms with Gasteiger partial charge in [-0.05, 0) is 31.7 Å². The number of rotatable bonds is 7. The topological polar surface area (TPSA) is 92.4 Å². The molecule has 1 aromatic carbocycles. The van der Waals surface area contributed by atoms with E-state index in [0.29, 0.717) is 19.3 Å². The molecule has 0 aliphatic carbocycles. The van der Waals surface area contributed by atoms with Gasteiger partial charge in [0.1, 0.15) is 5.54 Å². The SMILES string of the molecule is CCC(C)(NC(=O)C(N)CCc1ccccc1)C(=O)O. The molecule has 0 saturated heterocycles. The van der Waals surface area contributed by atoms with Gasteiger partial charge in [-0.3, -0.25) is 4.79 Å². The number of benzene rings is 1. The number of hydrogen-bond acceptors (Lipinski definition) is 3. The molecule has 0 spiro atoms. The first-order chi connectivity index (χ1) is 9.39. The number of nitrogens with two attached hydrogens (primary N) is 1. The summed E-state index contributed by atoms with van der Waals surface area (Å²) in [5.41, 5.74) is 5.66. The molecular weight excluding hydrogens is 256 g/mol. The first-order valence-electron chi connectivity index (χ1n) is 6.74. The number of carbonyl (C=O) groups is 2. The van der Waals surface area contributed by atoms with Gasteiger partial charge in [-0.15, -0.1) is 0 Å². The summed E-state index contributed by atoms with van der Waals surface area (Å²) >= 11 is 0. The van der Waals surface area contributed by atoms with E-state index in [1.165, 1.54) is 6.92 Å². The molecule has 1 aromatic rings. The van der Waals surface area contributed by atoms with E-state index in [9.17, 15) is 9.59 Å². The summed E-state index contributed by atoms with van der Waals surface area (Å²) in [5, 5.41) is 11.6. The van der Waals surface area contributed by atoms with Crippen LogP contribution < -0.4 is 11.1 Å². The lowest BCUT2D eigenvalue weighted by Gasteiger charge is -2.26. The van der Waals surface area contributed by atoms with Gasteiger partial charge in [0.2, 0.25) is 5.91 Å². The van der Waals surface area contributed by atoms with Crippen LogP contribution >= 0.6 is 0 Å². The van der Waals surface area contributed by atoms with Crippen molar-refractivity contribution in [2.45, 2.75) is 44.7 Å². The number of hydrogen-bond donors (Lipinski definition) is 3. The second-order valence-corrected chi connectivity index (χ2v) is 5.11. The van der Waals surface area contributed by atoms with Gasteiger partial charge in [0.25, 0.3) is 0 Å². The lowest BCUT2D eigenvalue weighted by Crippen LogP contribution is -2.56. The van der Waals surface area contributed by atoms with Crippen molar-refractivity contribution in [3.63, 3.8) is 0 Å². The summed E-state index contributed by atoms with van der Waals surface area (Å²) in [6, 6.07) is 9.02. The molecule has 1 rings (SSSR count). The number of carboxylic acid groups (broad SMARTS) is 1. The number of amides is 1. The molecule has 0 fully saturated rings. The quantitative estimate of drug-likeness (QED) is 0.701. The van der Waals surface area contributed by atoms with Crippen molar-refractivity contribution in [3.05, 3.63) is 35.9 Å². The summed E-state index contributed by atoms with van der Waals surface area (Å²) in [6.45, 7) is 3.20. The third-order valence-electron chi connectivity index (χ3n) is 3.50. The van der Waals surface area contributed by atoms with Crippen molar-refractivity contribution >= 4 is 11.9 Å². The molecule has 0 heterocycles. The monoisotopic (exact) mass is 278 g/mol. The highest BCUT2D eigenvalue weighted by Crippen LogP contribution is 2.10. The Hall–Kier alpha value is -1.88. The average Bonchev–Trinajstić information content (AvgIpc) is 2.45. The Bertz CT molecular complexity index is 461. The molecule has 0 aliphatic heterocycles. The van der Waals surface area contributed by atoms with Crippen molar-refractivity contribution in [1.82, 2.24) is 5.32 Å². The van der Waals surface area contributed by atoms with Crippen molar-refractivity contribution in [2.75, 3.05) is 0 Å². The summed E-state index contributed by atoms with van der Waals surface area (Å²) in [6.07, 6.45) is 1.47. The first kappa shape index (κ1) is 16.2. The fourth-order valence-corrected chi connectivity index (χ4v) is 1.76. The van der Waals surface area contributed by atoms with Gasteiger partial charge < -0.3 is 16.2 Å². The maximum atomic E-state index is 11.9. The molecule has 110 valence electrons. The molecular formula is C15H22N2O3. The van der Waals surface area contributed by atoms with Crippen LogP contribution in [0.4, 0.5) is 0 Å². The lowest BCUT2D eigenvalue weighted by atomic mass is 9.97. The van der Waals surface area contributed by atoms with Gasteiger partial charge in [0, 0.05) is 0 Å². The second kappa shape index (κ2) is 7.05. The smallest absolute Gasteiger partial charge is 0.329 e. The lowest BCUT2D eigenvalue weighted by molar-refractivity contribution is -0.147. The number of aliphatic carboxylic acids is 1. The van der Waals surface area contributed by atoms with Gasteiger partial charge in [0.05, 0.1) is 6.04 Å². The molecule has 2 unspecified atom stereocenters. The third-order valence-corrected chi connectivity index (χ3v) is 3.50. The van der Waals surface area contributed by atoms with Gasteiger partial charge in [-0.2, -0.15) is 0 Å². The van der Waals surface area contributed by atoms with E-state index in [1.807, 2.05) is 30.3 Å². The van der Waals surface area contributed by atoms with Crippen LogP contribution in [0.1, 0.15) is 32.3 Å². The van der Waals surface area contributed by atoms with Gasteiger partial charge in [-0.25, -0.2) is 4.79 Å². The number of aryl methyl sites for hydroxylation is 1. The number of carboxylic acids is 1. The van der Waals surface area contributed by atoms with Gasteiger partial charge in [0.15, 0.2) is 0 Å². The summed E-state index contributed by atoms with van der Waals surface area (Å²) in [5.74, 6) is -1.48. The molecule has 2 atom stereocenters. The molecule has 0 radical (unpaired) electrons. The highest BCUT2D eigenvalue weighted by molar-refractivity contribution is 5.89. The van der Waals surface area contributed by atoms with E-state index in [1.54, 1.807) is 6.92 Å². The van der Waals surface area contributed by atoms with E-state index < -0.39 is 23.5 Å². The summed E-state index contributed by atoms with van der Waals surface area (Å²) < 4.78 is 0. The van der Waals surface area contributed by atoms with Crippen molar-refractivity contribution in [1.29, 1.82) is 0 Å². The maximum absolute atomic E-state index is 11.9. The number of carbonyl (C=O) groups excluding carboxylic acids is 1. The normalized spacial score (nSPS) is 15.2. The van der Waals surface area contributed by atoms with Crippen LogP contribution in [0.15, 0.2) is 30.3 Å². The van der Waals surface area contributed by atoms with Crippen LogP contribution in [0.25, 0.3) is 0 Å². The first-order valence-corrected chi connectivity index (χ1v) is 6.74. The van der Waals surface area contributed by atoms with E-state index >= 15 is 0 Å².